The van der Waals surface area contributed by atoms with Gasteiger partial charge in [0, 0.05) is 20.2 Å². The van der Waals surface area contributed by atoms with Crippen molar-refractivity contribution in [3.05, 3.63) is 16.7 Å². The van der Waals surface area contributed by atoms with Crippen LogP contribution in [0.15, 0.2) is 16.7 Å². The second-order valence-electron chi connectivity index (χ2n) is 4.00. The number of nitrogens with zero attached hydrogens (tertiary/aromatic N) is 2. The lowest BCUT2D eigenvalue weighted by Crippen LogP contribution is -2.37. The fraction of sp³-hybridized carbons (Fsp3) is 0.545. The van der Waals surface area contributed by atoms with Gasteiger partial charge in [0.15, 0.2) is 0 Å². The van der Waals surface area contributed by atoms with E-state index < -0.39 is 0 Å². The Bertz CT molecular complexity index is 364. The summed E-state index contributed by atoms with van der Waals surface area (Å²) in [5.41, 5.74) is 6.35. The SMILES string of the molecule is COC1CCN(c2ncc(N)cc2Br)CC1. The van der Waals surface area contributed by atoms with Crippen LogP contribution in [-0.2, 0) is 4.74 Å². The van der Waals surface area contributed by atoms with E-state index >= 15 is 0 Å². The summed E-state index contributed by atoms with van der Waals surface area (Å²) in [4.78, 5) is 6.63. The molecule has 1 aromatic heterocycles. The van der Waals surface area contributed by atoms with E-state index in [0.717, 1.165) is 36.2 Å². The van der Waals surface area contributed by atoms with Gasteiger partial charge in [-0.1, -0.05) is 0 Å². The Morgan fingerprint density at radius 2 is 2.19 bits per heavy atom. The van der Waals surface area contributed by atoms with Gasteiger partial charge >= 0.3 is 0 Å². The Morgan fingerprint density at radius 1 is 1.50 bits per heavy atom. The van der Waals surface area contributed by atoms with Crippen molar-refractivity contribution in [1.82, 2.24) is 4.98 Å². The second kappa shape index (κ2) is 5.01. The standard InChI is InChI=1S/C11H16BrN3O/c1-16-9-2-4-15(5-3-9)11-10(12)6-8(13)7-14-11/h6-7,9H,2-5,13H2,1H3. The number of anilines is 2. The number of halogens is 1. The van der Waals surface area contributed by atoms with Gasteiger partial charge in [-0.2, -0.15) is 0 Å². The second-order valence-corrected chi connectivity index (χ2v) is 4.85. The van der Waals surface area contributed by atoms with Crippen molar-refractivity contribution in [1.29, 1.82) is 0 Å². The first-order chi connectivity index (χ1) is 7.70. The summed E-state index contributed by atoms with van der Waals surface area (Å²) in [7, 11) is 1.78. The van der Waals surface area contributed by atoms with Gasteiger partial charge in [-0.25, -0.2) is 4.98 Å². The van der Waals surface area contributed by atoms with E-state index in [9.17, 15) is 0 Å². The highest BCUT2D eigenvalue weighted by atomic mass is 79.9. The zero-order valence-corrected chi connectivity index (χ0v) is 10.9. The van der Waals surface area contributed by atoms with E-state index in [2.05, 4.69) is 25.8 Å². The molecule has 16 heavy (non-hydrogen) atoms. The van der Waals surface area contributed by atoms with Gasteiger partial charge in [0.05, 0.1) is 22.5 Å². The molecule has 0 amide bonds. The highest BCUT2D eigenvalue weighted by Crippen LogP contribution is 2.28. The molecule has 1 saturated heterocycles. The van der Waals surface area contributed by atoms with Gasteiger partial charge in [-0.3, -0.25) is 0 Å². The number of hydrogen-bond acceptors (Lipinski definition) is 4. The molecule has 0 aromatic carbocycles. The maximum atomic E-state index is 5.67. The predicted molar refractivity (Wildman–Crippen MR) is 68.6 cm³/mol. The highest BCUT2D eigenvalue weighted by Gasteiger charge is 2.21. The summed E-state index contributed by atoms with van der Waals surface area (Å²) in [5, 5.41) is 0. The first-order valence-corrected chi connectivity index (χ1v) is 6.18. The Morgan fingerprint density at radius 3 is 2.75 bits per heavy atom. The van der Waals surface area contributed by atoms with Crippen LogP contribution < -0.4 is 10.6 Å². The number of nitrogens with two attached hydrogens (primary N) is 1. The molecule has 1 fully saturated rings. The molecular formula is C11H16BrN3O. The van der Waals surface area contributed by atoms with Crippen LogP contribution in [0.3, 0.4) is 0 Å². The average Bonchev–Trinajstić information content (AvgIpc) is 2.29. The van der Waals surface area contributed by atoms with Crippen molar-refractivity contribution < 1.29 is 4.74 Å². The fourth-order valence-corrected chi connectivity index (χ4v) is 2.60. The van der Waals surface area contributed by atoms with Crippen LogP contribution in [-0.4, -0.2) is 31.3 Å². The van der Waals surface area contributed by atoms with Crippen LogP contribution in [0.4, 0.5) is 11.5 Å². The maximum absolute atomic E-state index is 5.67. The summed E-state index contributed by atoms with van der Waals surface area (Å²) in [6.45, 7) is 1.96. The van der Waals surface area contributed by atoms with Crippen LogP contribution in [0.5, 0.6) is 0 Å². The van der Waals surface area contributed by atoms with Crippen molar-refractivity contribution in [2.45, 2.75) is 18.9 Å². The van der Waals surface area contributed by atoms with E-state index in [4.69, 9.17) is 10.5 Å². The number of nitrogen functional groups attached to an aromatic ring is 1. The van der Waals surface area contributed by atoms with Gasteiger partial charge < -0.3 is 15.4 Å². The van der Waals surface area contributed by atoms with E-state index in [-0.39, 0.29) is 0 Å². The molecule has 1 aromatic rings. The molecule has 0 atom stereocenters. The minimum atomic E-state index is 0.392. The number of rotatable bonds is 2. The number of hydrogen-bond donors (Lipinski definition) is 1. The maximum Gasteiger partial charge on any atom is 0.143 e. The zero-order chi connectivity index (χ0) is 11.5. The van der Waals surface area contributed by atoms with Crippen LogP contribution in [0.1, 0.15) is 12.8 Å². The zero-order valence-electron chi connectivity index (χ0n) is 9.32. The first-order valence-electron chi connectivity index (χ1n) is 5.39. The third-order valence-electron chi connectivity index (χ3n) is 2.92. The topological polar surface area (TPSA) is 51.4 Å². The number of aromatic nitrogens is 1. The summed E-state index contributed by atoms with van der Waals surface area (Å²) in [5.74, 6) is 0.976. The Balaban J connectivity index is 2.08. The molecule has 0 aliphatic carbocycles. The lowest BCUT2D eigenvalue weighted by Gasteiger charge is -2.32. The molecule has 0 bridgehead atoms. The minimum Gasteiger partial charge on any atom is -0.397 e. The normalized spacial score (nSPS) is 17.8. The quantitative estimate of drug-likeness (QED) is 0.904. The van der Waals surface area contributed by atoms with Crippen LogP contribution in [0.25, 0.3) is 0 Å². The summed E-state index contributed by atoms with van der Waals surface area (Å²) in [6, 6.07) is 1.89. The van der Waals surface area contributed by atoms with Gasteiger partial charge in [-0.05, 0) is 34.8 Å². The van der Waals surface area contributed by atoms with Crippen molar-refractivity contribution in [3.8, 4) is 0 Å². The fourth-order valence-electron chi connectivity index (χ4n) is 1.98. The number of piperidine rings is 1. The van der Waals surface area contributed by atoms with Crippen molar-refractivity contribution >= 4 is 27.4 Å². The molecule has 1 aliphatic heterocycles. The third kappa shape index (κ3) is 2.47. The number of methoxy groups -OCH3 is 1. The number of pyridine rings is 1. The molecule has 88 valence electrons. The van der Waals surface area contributed by atoms with E-state index in [1.807, 2.05) is 6.07 Å². The predicted octanol–water partition coefficient (Wildman–Crippen LogP) is 2.04. The van der Waals surface area contributed by atoms with E-state index in [1.54, 1.807) is 13.3 Å². The average molecular weight is 286 g/mol. The molecular weight excluding hydrogens is 270 g/mol. The third-order valence-corrected chi connectivity index (χ3v) is 3.50. The molecule has 0 saturated carbocycles. The molecule has 2 N–H and O–H groups in total. The molecule has 4 nitrogen and oxygen atoms in total. The smallest absolute Gasteiger partial charge is 0.143 e. The first kappa shape index (κ1) is 11.7. The van der Waals surface area contributed by atoms with Crippen molar-refractivity contribution in [3.63, 3.8) is 0 Å². The van der Waals surface area contributed by atoms with Gasteiger partial charge in [0.2, 0.25) is 0 Å². The molecule has 1 aliphatic rings. The van der Waals surface area contributed by atoms with Crippen LogP contribution in [0.2, 0.25) is 0 Å². The van der Waals surface area contributed by atoms with Crippen molar-refractivity contribution in [2.24, 2.45) is 0 Å². The largest absolute Gasteiger partial charge is 0.397 e. The van der Waals surface area contributed by atoms with Gasteiger partial charge in [-0.15, -0.1) is 0 Å². The van der Waals surface area contributed by atoms with E-state index in [0.29, 0.717) is 11.8 Å². The monoisotopic (exact) mass is 285 g/mol. The molecule has 5 heteroatoms. The summed E-state index contributed by atoms with van der Waals surface area (Å²) < 4.78 is 6.31. The van der Waals surface area contributed by atoms with E-state index in [1.165, 1.54) is 0 Å². The Labute approximate surface area is 104 Å². The lowest BCUT2D eigenvalue weighted by atomic mass is 10.1. The van der Waals surface area contributed by atoms with Gasteiger partial charge in [0.1, 0.15) is 5.82 Å². The Hall–Kier alpha value is -0.810. The van der Waals surface area contributed by atoms with Crippen LogP contribution >= 0.6 is 15.9 Å². The minimum absolute atomic E-state index is 0.392. The van der Waals surface area contributed by atoms with Crippen molar-refractivity contribution in [2.75, 3.05) is 30.8 Å². The molecule has 0 spiro atoms. The molecule has 2 heterocycles. The summed E-state index contributed by atoms with van der Waals surface area (Å²) in [6.07, 6.45) is 4.19. The molecule has 0 unspecified atom stereocenters. The summed E-state index contributed by atoms with van der Waals surface area (Å²) >= 11 is 3.50. The van der Waals surface area contributed by atoms with Gasteiger partial charge in [0.25, 0.3) is 0 Å². The van der Waals surface area contributed by atoms with Crippen LogP contribution in [0, 0.1) is 0 Å². The highest BCUT2D eigenvalue weighted by molar-refractivity contribution is 9.10. The lowest BCUT2D eigenvalue weighted by molar-refractivity contribution is 0.0818. The Kier molecular flexibility index (Phi) is 3.66. The molecule has 2 rings (SSSR count). The molecule has 0 radical (unpaired) electrons. The number of ether oxygens (including phenoxy) is 1.